The van der Waals surface area contributed by atoms with Gasteiger partial charge in [0.15, 0.2) is 5.82 Å². The van der Waals surface area contributed by atoms with Gasteiger partial charge >= 0.3 is 0 Å². The molecule has 2 aromatic carbocycles. The number of aryl methyl sites for hydroxylation is 2. The van der Waals surface area contributed by atoms with E-state index in [-0.39, 0.29) is 11.6 Å². The Morgan fingerprint density at radius 1 is 1.11 bits per heavy atom. The van der Waals surface area contributed by atoms with Crippen LogP contribution in [0.4, 0.5) is 0 Å². The second-order valence-electron chi connectivity index (χ2n) is 9.69. The molecule has 1 aliphatic rings. The Morgan fingerprint density at radius 2 is 1.86 bits per heavy atom. The smallest absolute Gasteiger partial charge is 0.253 e. The third-order valence-electron chi connectivity index (χ3n) is 7.35. The molecule has 1 atom stereocenters. The van der Waals surface area contributed by atoms with E-state index in [0.717, 1.165) is 59.3 Å². The molecule has 0 aliphatic carbocycles. The molecule has 1 N–H and O–H groups in total. The van der Waals surface area contributed by atoms with E-state index in [1.54, 1.807) is 7.11 Å². The molecule has 3 heterocycles. The first-order valence-electron chi connectivity index (χ1n) is 12.2. The lowest BCUT2D eigenvalue weighted by atomic mass is 9.95. The van der Waals surface area contributed by atoms with Crippen LogP contribution in [0.1, 0.15) is 53.9 Å². The van der Waals surface area contributed by atoms with E-state index < -0.39 is 0 Å². The van der Waals surface area contributed by atoms with E-state index >= 15 is 0 Å². The van der Waals surface area contributed by atoms with Crippen molar-refractivity contribution in [2.75, 3.05) is 20.2 Å². The molecule has 1 aliphatic heterocycles. The van der Waals surface area contributed by atoms with Gasteiger partial charge in [0, 0.05) is 5.56 Å². The van der Waals surface area contributed by atoms with Crippen LogP contribution in [0.5, 0.6) is 5.75 Å². The molecule has 0 amide bonds. The van der Waals surface area contributed by atoms with E-state index in [1.807, 2.05) is 41.9 Å². The predicted octanol–water partition coefficient (Wildman–Crippen LogP) is 4.01. The molecule has 2 aromatic heterocycles. The number of likely N-dealkylation sites (tertiary alicyclic amines) is 1. The SMILES string of the molecule is COc1ccc(Cn2nnnc2[C@@H](c2cc3ccc(C)c(C)c3[nH]c2=O)N2CCC(C)CC2)cc1. The molecule has 0 spiro atoms. The lowest BCUT2D eigenvalue weighted by Gasteiger charge is -2.36. The summed E-state index contributed by atoms with van der Waals surface area (Å²) in [5.41, 5.74) is 4.80. The first kappa shape index (κ1) is 23.2. The highest BCUT2D eigenvalue weighted by atomic mass is 16.5. The van der Waals surface area contributed by atoms with Gasteiger partial charge in [0.1, 0.15) is 11.8 Å². The Bertz CT molecular complexity index is 1380. The van der Waals surface area contributed by atoms with Crippen molar-refractivity contribution in [1.82, 2.24) is 30.1 Å². The van der Waals surface area contributed by atoms with Gasteiger partial charge in [-0.15, -0.1) is 5.10 Å². The second-order valence-corrected chi connectivity index (χ2v) is 9.69. The number of pyridine rings is 1. The number of piperidine rings is 1. The molecule has 0 bridgehead atoms. The van der Waals surface area contributed by atoms with E-state index in [9.17, 15) is 4.79 Å². The van der Waals surface area contributed by atoms with E-state index in [4.69, 9.17) is 4.74 Å². The molecule has 1 fully saturated rings. The van der Waals surface area contributed by atoms with Crippen molar-refractivity contribution in [1.29, 1.82) is 0 Å². The van der Waals surface area contributed by atoms with Crippen molar-refractivity contribution in [2.45, 2.75) is 46.2 Å². The zero-order valence-corrected chi connectivity index (χ0v) is 20.8. The zero-order valence-electron chi connectivity index (χ0n) is 20.8. The van der Waals surface area contributed by atoms with Crippen LogP contribution in [0, 0.1) is 19.8 Å². The van der Waals surface area contributed by atoms with Crippen molar-refractivity contribution in [3.63, 3.8) is 0 Å². The van der Waals surface area contributed by atoms with Crippen molar-refractivity contribution >= 4 is 10.9 Å². The fourth-order valence-electron chi connectivity index (χ4n) is 4.95. The first-order chi connectivity index (χ1) is 16.9. The minimum atomic E-state index is -0.328. The third kappa shape index (κ3) is 4.58. The van der Waals surface area contributed by atoms with Gasteiger partial charge in [-0.3, -0.25) is 9.69 Å². The number of aromatic nitrogens is 5. The third-order valence-corrected chi connectivity index (χ3v) is 7.35. The van der Waals surface area contributed by atoms with Gasteiger partial charge in [-0.1, -0.05) is 31.2 Å². The number of fused-ring (bicyclic) bond motifs is 1. The van der Waals surface area contributed by atoms with Crippen molar-refractivity contribution in [3.05, 3.63) is 80.9 Å². The van der Waals surface area contributed by atoms with Gasteiger partial charge in [-0.2, -0.15) is 0 Å². The number of H-pyrrole nitrogens is 1. The summed E-state index contributed by atoms with van der Waals surface area (Å²) in [6.45, 7) is 8.69. The van der Waals surface area contributed by atoms with Crippen molar-refractivity contribution in [3.8, 4) is 5.75 Å². The summed E-state index contributed by atoms with van der Waals surface area (Å²) in [6, 6.07) is 13.8. The van der Waals surface area contributed by atoms with E-state index in [0.29, 0.717) is 23.9 Å². The molecule has 0 radical (unpaired) electrons. The Balaban J connectivity index is 1.59. The Labute approximate surface area is 204 Å². The molecule has 8 heteroatoms. The van der Waals surface area contributed by atoms with Gasteiger partial charge in [0.25, 0.3) is 5.56 Å². The maximum atomic E-state index is 13.5. The fraction of sp³-hybridized carbons (Fsp3) is 0.407. The van der Waals surface area contributed by atoms with Crippen LogP contribution in [-0.2, 0) is 6.54 Å². The number of hydrogen-bond donors (Lipinski definition) is 1. The topological polar surface area (TPSA) is 88.9 Å². The normalized spacial score (nSPS) is 16.0. The van der Waals surface area contributed by atoms with Gasteiger partial charge in [0.2, 0.25) is 0 Å². The van der Waals surface area contributed by atoms with Gasteiger partial charge < -0.3 is 9.72 Å². The minimum absolute atomic E-state index is 0.0891. The lowest BCUT2D eigenvalue weighted by molar-refractivity contribution is 0.149. The quantitative estimate of drug-likeness (QED) is 0.456. The molecule has 1 saturated heterocycles. The molecular formula is C27H32N6O2. The molecule has 0 unspecified atom stereocenters. The first-order valence-corrected chi connectivity index (χ1v) is 12.2. The molecule has 0 saturated carbocycles. The van der Waals surface area contributed by atoms with Crippen LogP contribution in [0.15, 0.2) is 47.3 Å². The maximum Gasteiger partial charge on any atom is 0.253 e. The van der Waals surface area contributed by atoms with Crippen LogP contribution in [0.25, 0.3) is 10.9 Å². The Morgan fingerprint density at radius 3 is 2.57 bits per heavy atom. The highest BCUT2D eigenvalue weighted by Crippen LogP contribution is 2.31. The summed E-state index contributed by atoms with van der Waals surface area (Å²) < 4.78 is 7.10. The number of tetrazole rings is 1. The average Bonchev–Trinajstić information content (AvgIpc) is 3.31. The largest absolute Gasteiger partial charge is 0.497 e. The van der Waals surface area contributed by atoms with Crippen molar-refractivity contribution < 1.29 is 4.74 Å². The number of nitrogens with zero attached hydrogens (tertiary/aromatic N) is 5. The molecule has 35 heavy (non-hydrogen) atoms. The molecule has 4 aromatic rings. The molecule has 182 valence electrons. The number of rotatable bonds is 6. The summed E-state index contributed by atoms with van der Waals surface area (Å²) in [5.74, 6) is 2.16. The van der Waals surface area contributed by atoms with Crippen LogP contribution in [0.3, 0.4) is 0 Å². The summed E-state index contributed by atoms with van der Waals surface area (Å²) >= 11 is 0. The number of aromatic amines is 1. The minimum Gasteiger partial charge on any atom is -0.497 e. The summed E-state index contributed by atoms with van der Waals surface area (Å²) in [7, 11) is 1.66. The lowest BCUT2D eigenvalue weighted by Crippen LogP contribution is -2.40. The number of benzene rings is 2. The van der Waals surface area contributed by atoms with Crippen LogP contribution >= 0.6 is 0 Å². The number of methoxy groups -OCH3 is 1. The van der Waals surface area contributed by atoms with Crippen molar-refractivity contribution in [2.24, 2.45) is 5.92 Å². The second kappa shape index (κ2) is 9.62. The summed E-state index contributed by atoms with van der Waals surface area (Å²) in [5, 5.41) is 13.8. The fourth-order valence-corrected chi connectivity index (χ4v) is 4.95. The zero-order chi connectivity index (χ0) is 24.5. The Hall–Kier alpha value is -3.52. The van der Waals surface area contributed by atoms with Gasteiger partial charge in [-0.25, -0.2) is 4.68 Å². The van der Waals surface area contributed by atoms with Gasteiger partial charge in [-0.05, 0) is 96.4 Å². The monoisotopic (exact) mass is 472 g/mol. The highest BCUT2D eigenvalue weighted by Gasteiger charge is 2.32. The Kier molecular flexibility index (Phi) is 6.38. The number of hydrogen-bond acceptors (Lipinski definition) is 6. The summed E-state index contributed by atoms with van der Waals surface area (Å²) in [6.07, 6.45) is 2.17. The van der Waals surface area contributed by atoms with Gasteiger partial charge in [0.05, 0.1) is 19.2 Å². The summed E-state index contributed by atoms with van der Waals surface area (Å²) in [4.78, 5) is 19.0. The van der Waals surface area contributed by atoms with Crippen LogP contribution in [0.2, 0.25) is 0 Å². The number of ether oxygens (including phenoxy) is 1. The average molecular weight is 473 g/mol. The van der Waals surface area contributed by atoms with E-state index in [1.165, 1.54) is 0 Å². The standard InChI is InChI=1S/C27H32N6O2/c1-17-11-13-32(14-12-17)25(23-15-21-8-5-18(2)19(3)24(21)28-27(23)34)26-29-30-31-33(26)16-20-6-9-22(35-4)10-7-20/h5-10,15,17,25H,11-14,16H2,1-4H3,(H,28,34)/t25-/m1/s1. The molecular weight excluding hydrogens is 440 g/mol. The highest BCUT2D eigenvalue weighted by molar-refractivity contribution is 5.83. The van der Waals surface area contributed by atoms with E-state index in [2.05, 4.69) is 51.4 Å². The predicted molar refractivity (Wildman–Crippen MR) is 136 cm³/mol. The molecule has 5 rings (SSSR count). The maximum absolute atomic E-state index is 13.5. The number of nitrogens with one attached hydrogen (secondary N) is 1. The van der Waals surface area contributed by atoms with Crippen LogP contribution < -0.4 is 10.3 Å². The molecule has 8 nitrogen and oxygen atoms in total. The van der Waals surface area contributed by atoms with Crippen LogP contribution in [-0.4, -0.2) is 50.3 Å².